The molecule has 0 fully saturated rings. The zero-order valence-electron chi connectivity index (χ0n) is 7.84. The lowest BCUT2D eigenvalue weighted by molar-refractivity contribution is -0.384. The first kappa shape index (κ1) is 9.15. The molecule has 15 heavy (non-hydrogen) atoms. The number of non-ortho nitro benzene ring substituents is 1. The summed E-state index contributed by atoms with van der Waals surface area (Å²) in [4.78, 5) is 10.1. The smallest absolute Gasteiger partial charge is 0.266 e. The molecule has 0 amide bonds. The van der Waals surface area contributed by atoms with Crippen LogP contribution < -0.4 is 0 Å². The summed E-state index contributed by atoms with van der Waals surface area (Å²) in [6.07, 6.45) is 0. The summed E-state index contributed by atoms with van der Waals surface area (Å²) in [7, 11) is 1.65. The van der Waals surface area contributed by atoms with Gasteiger partial charge in [0.25, 0.3) is 5.69 Å². The Morgan fingerprint density at radius 2 is 2.33 bits per heavy atom. The van der Waals surface area contributed by atoms with E-state index < -0.39 is 4.92 Å². The number of rotatable bonds is 1. The van der Waals surface area contributed by atoms with Crippen LogP contribution in [-0.4, -0.2) is 14.7 Å². The van der Waals surface area contributed by atoms with Crippen LogP contribution in [0.3, 0.4) is 0 Å². The fourth-order valence-electron chi connectivity index (χ4n) is 1.44. The van der Waals surface area contributed by atoms with E-state index in [0.717, 1.165) is 0 Å². The molecule has 0 bridgehead atoms. The van der Waals surface area contributed by atoms with E-state index in [1.807, 2.05) is 6.07 Å². The molecule has 0 N–H and O–H groups in total. The molecule has 0 atom stereocenters. The van der Waals surface area contributed by atoms with Gasteiger partial charge in [0.2, 0.25) is 0 Å². The van der Waals surface area contributed by atoms with E-state index in [4.69, 9.17) is 5.26 Å². The largest absolute Gasteiger partial charge is 0.271 e. The highest BCUT2D eigenvalue weighted by Crippen LogP contribution is 2.22. The van der Waals surface area contributed by atoms with Crippen LogP contribution in [-0.2, 0) is 7.05 Å². The van der Waals surface area contributed by atoms with Crippen LogP contribution in [0, 0.1) is 21.4 Å². The number of nitro benzene ring substituents is 1. The number of nitrogens with zero attached hydrogens (tertiary/aromatic N) is 4. The molecular weight excluding hydrogens is 196 g/mol. The highest BCUT2D eigenvalue weighted by Gasteiger charge is 2.12. The minimum Gasteiger partial charge on any atom is -0.266 e. The van der Waals surface area contributed by atoms with Gasteiger partial charge in [-0.3, -0.25) is 14.8 Å². The number of fused-ring (bicyclic) bond motifs is 1. The normalized spacial score (nSPS) is 10.1. The Bertz CT molecular complexity index is 594. The quantitative estimate of drug-likeness (QED) is 0.516. The second kappa shape index (κ2) is 3.06. The summed E-state index contributed by atoms with van der Waals surface area (Å²) in [5.74, 6) is 0. The third kappa shape index (κ3) is 1.30. The molecule has 0 unspecified atom stereocenters. The highest BCUT2D eigenvalue weighted by molar-refractivity contribution is 5.86. The van der Waals surface area contributed by atoms with Crippen LogP contribution in [0.5, 0.6) is 0 Å². The van der Waals surface area contributed by atoms with Gasteiger partial charge in [-0.25, -0.2) is 0 Å². The number of aromatic nitrogens is 2. The van der Waals surface area contributed by atoms with Gasteiger partial charge in [0.15, 0.2) is 5.69 Å². The maximum Gasteiger partial charge on any atom is 0.271 e. The molecule has 1 aromatic carbocycles. The van der Waals surface area contributed by atoms with E-state index in [1.165, 1.54) is 16.8 Å². The van der Waals surface area contributed by atoms with Crippen molar-refractivity contribution in [2.75, 3.05) is 0 Å². The molecule has 0 aliphatic carbocycles. The molecular formula is C9H6N4O2. The first-order valence-electron chi connectivity index (χ1n) is 4.14. The Balaban J connectivity index is 2.79. The van der Waals surface area contributed by atoms with Crippen LogP contribution in [0.25, 0.3) is 10.9 Å². The predicted molar refractivity (Wildman–Crippen MR) is 52.1 cm³/mol. The van der Waals surface area contributed by atoms with Crippen molar-refractivity contribution in [2.45, 2.75) is 0 Å². The highest BCUT2D eigenvalue weighted by atomic mass is 16.6. The van der Waals surface area contributed by atoms with Crippen molar-refractivity contribution in [3.8, 4) is 6.07 Å². The average Bonchev–Trinajstić information content (AvgIpc) is 2.55. The zero-order chi connectivity index (χ0) is 11.0. The maximum atomic E-state index is 10.5. The molecule has 1 heterocycles. The molecule has 1 aromatic heterocycles. The van der Waals surface area contributed by atoms with Gasteiger partial charge in [-0.2, -0.15) is 10.4 Å². The van der Waals surface area contributed by atoms with E-state index in [0.29, 0.717) is 10.9 Å². The summed E-state index contributed by atoms with van der Waals surface area (Å²) >= 11 is 0. The van der Waals surface area contributed by atoms with Gasteiger partial charge < -0.3 is 0 Å². The Hall–Kier alpha value is -2.42. The van der Waals surface area contributed by atoms with Gasteiger partial charge in [0, 0.05) is 24.6 Å². The molecule has 2 rings (SSSR count). The molecule has 0 aliphatic rings. The van der Waals surface area contributed by atoms with Crippen molar-refractivity contribution in [3.05, 3.63) is 34.0 Å². The Kier molecular flexibility index (Phi) is 1.87. The van der Waals surface area contributed by atoms with Crippen molar-refractivity contribution in [1.29, 1.82) is 5.26 Å². The Labute approximate surface area is 84.5 Å². The molecule has 0 saturated heterocycles. The van der Waals surface area contributed by atoms with E-state index in [1.54, 1.807) is 13.1 Å². The lowest BCUT2D eigenvalue weighted by Crippen LogP contribution is -1.91. The minimum absolute atomic E-state index is 0.00464. The fraction of sp³-hybridized carbons (Fsp3) is 0.111. The summed E-state index contributed by atoms with van der Waals surface area (Å²) < 4.78 is 1.46. The third-order valence-electron chi connectivity index (χ3n) is 2.15. The first-order valence-corrected chi connectivity index (χ1v) is 4.14. The number of hydrogen-bond acceptors (Lipinski definition) is 4. The van der Waals surface area contributed by atoms with E-state index in [2.05, 4.69) is 5.10 Å². The van der Waals surface area contributed by atoms with Gasteiger partial charge >= 0.3 is 0 Å². The summed E-state index contributed by atoms with van der Waals surface area (Å²) in [5, 5.41) is 23.9. The third-order valence-corrected chi connectivity index (χ3v) is 2.15. The van der Waals surface area contributed by atoms with Gasteiger partial charge in [-0.15, -0.1) is 0 Å². The Morgan fingerprint density at radius 3 is 2.93 bits per heavy atom. The predicted octanol–water partition coefficient (Wildman–Crippen LogP) is 1.35. The van der Waals surface area contributed by atoms with Gasteiger partial charge in [0.05, 0.1) is 10.4 Å². The lowest BCUT2D eigenvalue weighted by atomic mass is 10.2. The monoisotopic (exact) mass is 202 g/mol. The average molecular weight is 202 g/mol. The SMILES string of the molecule is Cn1nc(C#N)c2ccc([N+](=O)[O-])cc21. The van der Waals surface area contributed by atoms with Gasteiger partial charge in [-0.1, -0.05) is 0 Å². The molecule has 0 spiro atoms. The van der Waals surface area contributed by atoms with Crippen LogP contribution in [0.2, 0.25) is 0 Å². The van der Waals surface area contributed by atoms with E-state index in [-0.39, 0.29) is 11.4 Å². The van der Waals surface area contributed by atoms with E-state index >= 15 is 0 Å². The lowest BCUT2D eigenvalue weighted by Gasteiger charge is -1.93. The summed E-state index contributed by atoms with van der Waals surface area (Å²) in [6, 6.07) is 6.25. The van der Waals surface area contributed by atoms with Gasteiger partial charge in [0.1, 0.15) is 6.07 Å². The number of benzene rings is 1. The molecule has 0 saturated carbocycles. The molecule has 0 aliphatic heterocycles. The van der Waals surface area contributed by atoms with Crippen LogP contribution in [0.4, 0.5) is 5.69 Å². The molecule has 0 radical (unpaired) electrons. The number of aryl methyl sites for hydroxylation is 1. The van der Waals surface area contributed by atoms with Crippen LogP contribution >= 0.6 is 0 Å². The van der Waals surface area contributed by atoms with Crippen molar-refractivity contribution in [2.24, 2.45) is 7.05 Å². The number of hydrogen-bond donors (Lipinski definition) is 0. The second-order valence-electron chi connectivity index (χ2n) is 3.04. The van der Waals surface area contributed by atoms with Crippen molar-refractivity contribution >= 4 is 16.6 Å². The molecule has 2 aromatic rings. The molecule has 74 valence electrons. The summed E-state index contributed by atoms with van der Waals surface area (Å²) in [5.41, 5.74) is 0.859. The number of nitro groups is 1. The van der Waals surface area contributed by atoms with Gasteiger partial charge in [-0.05, 0) is 6.07 Å². The Morgan fingerprint density at radius 1 is 1.60 bits per heavy atom. The van der Waals surface area contributed by atoms with Crippen LogP contribution in [0.1, 0.15) is 5.69 Å². The fourth-order valence-corrected chi connectivity index (χ4v) is 1.44. The van der Waals surface area contributed by atoms with E-state index in [9.17, 15) is 10.1 Å². The van der Waals surface area contributed by atoms with Crippen molar-refractivity contribution in [3.63, 3.8) is 0 Å². The standard InChI is InChI=1S/C9H6N4O2/c1-12-9-4-6(13(14)15)2-3-7(9)8(5-10)11-12/h2-4H,1H3. The second-order valence-corrected chi connectivity index (χ2v) is 3.04. The maximum absolute atomic E-state index is 10.5. The zero-order valence-corrected chi connectivity index (χ0v) is 7.84. The van der Waals surface area contributed by atoms with Crippen molar-refractivity contribution in [1.82, 2.24) is 9.78 Å². The first-order chi connectivity index (χ1) is 7.13. The topological polar surface area (TPSA) is 84.8 Å². The molecule has 6 heteroatoms. The number of nitriles is 1. The van der Waals surface area contributed by atoms with Crippen LogP contribution in [0.15, 0.2) is 18.2 Å². The molecule has 6 nitrogen and oxygen atoms in total. The minimum atomic E-state index is -0.474. The van der Waals surface area contributed by atoms with Crippen molar-refractivity contribution < 1.29 is 4.92 Å². The summed E-state index contributed by atoms with van der Waals surface area (Å²) in [6.45, 7) is 0.